The van der Waals surface area contributed by atoms with Crippen molar-refractivity contribution in [3.05, 3.63) is 30.1 Å². The molecule has 1 aromatic rings. The molecule has 0 unspecified atom stereocenters. The van der Waals surface area contributed by atoms with E-state index in [9.17, 15) is 14.0 Å². The summed E-state index contributed by atoms with van der Waals surface area (Å²) in [5.74, 6) is -0.215. The fourth-order valence-electron chi connectivity index (χ4n) is 2.82. The third-order valence-electron chi connectivity index (χ3n) is 4.16. The lowest BCUT2D eigenvalue weighted by molar-refractivity contribution is -0.149. The molecule has 1 amide bonds. The third-order valence-corrected chi connectivity index (χ3v) is 4.16. The van der Waals surface area contributed by atoms with Crippen molar-refractivity contribution in [3.63, 3.8) is 0 Å². The number of guanidine groups is 1. The van der Waals surface area contributed by atoms with Crippen LogP contribution < -0.4 is 10.6 Å². The molecule has 0 aliphatic carbocycles. The zero-order chi connectivity index (χ0) is 18.9. The molecule has 0 aromatic heterocycles. The van der Waals surface area contributed by atoms with Gasteiger partial charge in [0.25, 0.3) is 0 Å². The average molecular weight is 364 g/mol. The molecule has 0 bridgehead atoms. The van der Waals surface area contributed by atoms with Crippen LogP contribution in [-0.4, -0.2) is 56.0 Å². The number of benzene rings is 1. The minimum atomic E-state index is -0.354. The molecule has 0 saturated carbocycles. The van der Waals surface area contributed by atoms with Crippen LogP contribution in [0.1, 0.15) is 19.8 Å². The van der Waals surface area contributed by atoms with E-state index in [1.165, 1.54) is 24.3 Å². The first-order valence-electron chi connectivity index (χ1n) is 8.71. The predicted molar refractivity (Wildman–Crippen MR) is 97.3 cm³/mol. The molecule has 0 spiro atoms. The highest BCUT2D eigenvalue weighted by atomic mass is 19.1. The molecule has 0 atom stereocenters. The monoisotopic (exact) mass is 364 g/mol. The molecule has 1 fully saturated rings. The minimum absolute atomic E-state index is 0.0435. The molecule has 1 aliphatic rings. The summed E-state index contributed by atoms with van der Waals surface area (Å²) < 4.78 is 17.9. The van der Waals surface area contributed by atoms with Gasteiger partial charge in [-0.3, -0.25) is 14.6 Å². The van der Waals surface area contributed by atoms with Gasteiger partial charge in [-0.2, -0.15) is 0 Å². The number of piperidine rings is 1. The summed E-state index contributed by atoms with van der Waals surface area (Å²) in [4.78, 5) is 30.0. The van der Waals surface area contributed by atoms with Crippen molar-refractivity contribution < 1.29 is 18.7 Å². The minimum Gasteiger partial charge on any atom is -0.466 e. The van der Waals surface area contributed by atoms with Crippen LogP contribution in [0.15, 0.2) is 29.3 Å². The van der Waals surface area contributed by atoms with Crippen molar-refractivity contribution in [1.29, 1.82) is 0 Å². The first kappa shape index (κ1) is 19.7. The second-order valence-corrected chi connectivity index (χ2v) is 5.97. The lowest BCUT2D eigenvalue weighted by Gasteiger charge is -2.33. The molecule has 8 heteroatoms. The zero-order valence-electron chi connectivity index (χ0n) is 15.1. The summed E-state index contributed by atoms with van der Waals surface area (Å²) in [7, 11) is 1.65. The number of hydrogen-bond donors (Lipinski definition) is 2. The zero-order valence-corrected chi connectivity index (χ0v) is 15.1. The van der Waals surface area contributed by atoms with Gasteiger partial charge in [0.1, 0.15) is 5.82 Å². The lowest BCUT2D eigenvalue weighted by Crippen LogP contribution is -2.48. The van der Waals surface area contributed by atoms with Gasteiger partial charge in [-0.1, -0.05) is 0 Å². The molecule has 2 rings (SSSR count). The van der Waals surface area contributed by atoms with Gasteiger partial charge in [0.15, 0.2) is 5.96 Å². The highest BCUT2D eigenvalue weighted by Crippen LogP contribution is 2.18. The summed E-state index contributed by atoms with van der Waals surface area (Å²) >= 11 is 0. The van der Waals surface area contributed by atoms with E-state index in [2.05, 4.69) is 15.6 Å². The fourth-order valence-corrected chi connectivity index (χ4v) is 2.82. The highest BCUT2D eigenvalue weighted by Gasteiger charge is 2.27. The summed E-state index contributed by atoms with van der Waals surface area (Å²) in [6.07, 6.45) is 1.39. The summed E-state index contributed by atoms with van der Waals surface area (Å²) in [5.41, 5.74) is 0.531. The molecule has 2 N–H and O–H groups in total. The van der Waals surface area contributed by atoms with Crippen molar-refractivity contribution in [2.75, 3.05) is 38.6 Å². The number of nitrogens with one attached hydrogen (secondary N) is 2. The highest BCUT2D eigenvalue weighted by molar-refractivity contribution is 5.95. The smallest absolute Gasteiger partial charge is 0.309 e. The molecule has 1 saturated heterocycles. The molecule has 1 aromatic carbocycles. The second kappa shape index (κ2) is 9.74. The fraction of sp³-hybridized carbons (Fsp3) is 0.500. The van der Waals surface area contributed by atoms with Crippen LogP contribution >= 0.6 is 0 Å². The Labute approximate surface area is 152 Å². The molecular weight excluding hydrogens is 339 g/mol. The molecule has 7 nitrogen and oxygen atoms in total. The van der Waals surface area contributed by atoms with E-state index in [1.54, 1.807) is 14.0 Å². The van der Waals surface area contributed by atoms with E-state index in [0.29, 0.717) is 44.2 Å². The molecular formula is C18H25FN4O3. The normalized spacial score (nSPS) is 15.5. The third kappa shape index (κ3) is 5.72. The summed E-state index contributed by atoms with van der Waals surface area (Å²) in [6, 6.07) is 5.58. The summed E-state index contributed by atoms with van der Waals surface area (Å²) in [6.45, 7) is 3.58. The van der Waals surface area contributed by atoms with Crippen LogP contribution in [0.25, 0.3) is 0 Å². The maximum Gasteiger partial charge on any atom is 0.309 e. The average Bonchev–Trinajstić information content (AvgIpc) is 2.65. The van der Waals surface area contributed by atoms with Crippen molar-refractivity contribution in [2.24, 2.45) is 10.9 Å². The van der Waals surface area contributed by atoms with E-state index >= 15 is 0 Å². The van der Waals surface area contributed by atoms with Gasteiger partial charge >= 0.3 is 5.97 Å². The van der Waals surface area contributed by atoms with Crippen LogP contribution in [0.4, 0.5) is 10.1 Å². The van der Waals surface area contributed by atoms with E-state index in [-0.39, 0.29) is 30.2 Å². The van der Waals surface area contributed by atoms with Crippen molar-refractivity contribution in [3.8, 4) is 0 Å². The van der Waals surface area contributed by atoms with Crippen molar-refractivity contribution >= 4 is 23.5 Å². The summed E-state index contributed by atoms with van der Waals surface area (Å²) in [5, 5.41) is 5.70. The van der Waals surface area contributed by atoms with Crippen LogP contribution in [0.2, 0.25) is 0 Å². The van der Waals surface area contributed by atoms with Gasteiger partial charge in [0.05, 0.1) is 19.1 Å². The van der Waals surface area contributed by atoms with Crippen LogP contribution in [-0.2, 0) is 14.3 Å². The lowest BCUT2D eigenvalue weighted by atomic mass is 9.97. The number of hydrogen-bond acceptors (Lipinski definition) is 4. The van der Waals surface area contributed by atoms with Gasteiger partial charge in [0.2, 0.25) is 5.91 Å². The number of halogens is 1. The number of likely N-dealkylation sites (tertiary alicyclic amines) is 1. The number of carbonyl (C=O) groups is 2. The van der Waals surface area contributed by atoms with Crippen molar-refractivity contribution in [2.45, 2.75) is 19.8 Å². The predicted octanol–water partition coefficient (Wildman–Crippen LogP) is 1.61. The molecule has 26 heavy (non-hydrogen) atoms. The molecule has 0 radical (unpaired) electrons. The van der Waals surface area contributed by atoms with Gasteiger partial charge in [0, 0.05) is 25.8 Å². The Morgan fingerprint density at radius 2 is 1.92 bits per heavy atom. The quantitative estimate of drug-likeness (QED) is 0.471. The SMILES string of the molecule is CCOC(=O)C1CCN(C(=NC)NCC(=O)Nc2ccc(F)cc2)CC1. The first-order chi connectivity index (χ1) is 12.5. The Hall–Kier alpha value is -2.64. The largest absolute Gasteiger partial charge is 0.466 e. The number of anilines is 1. The Morgan fingerprint density at radius 1 is 1.27 bits per heavy atom. The van der Waals surface area contributed by atoms with Crippen LogP contribution in [0.5, 0.6) is 0 Å². The Morgan fingerprint density at radius 3 is 2.50 bits per heavy atom. The molecule has 1 heterocycles. The number of nitrogens with zero attached hydrogens (tertiary/aromatic N) is 2. The molecule has 1 aliphatic heterocycles. The van der Waals surface area contributed by atoms with Gasteiger partial charge < -0.3 is 20.3 Å². The number of carbonyl (C=O) groups excluding carboxylic acids is 2. The van der Waals surface area contributed by atoms with E-state index < -0.39 is 0 Å². The van der Waals surface area contributed by atoms with Gasteiger partial charge in [-0.25, -0.2) is 4.39 Å². The van der Waals surface area contributed by atoms with E-state index in [1.807, 2.05) is 4.90 Å². The first-order valence-corrected chi connectivity index (χ1v) is 8.71. The van der Waals surface area contributed by atoms with Gasteiger partial charge in [-0.05, 0) is 44.0 Å². The number of amides is 1. The maximum atomic E-state index is 12.9. The second-order valence-electron chi connectivity index (χ2n) is 5.97. The Bertz CT molecular complexity index is 640. The standard InChI is InChI=1S/C18H25FN4O3/c1-3-26-17(25)13-8-10-23(11-9-13)18(20-2)21-12-16(24)22-15-6-4-14(19)5-7-15/h4-7,13H,3,8-12H2,1-2H3,(H,20,21)(H,22,24). The van der Waals surface area contributed by atoms with Crippen LogP contribution in [0.3, 0.4) is 0 Å². The maximum absolute atomic E-state index is 12.9. The van der Waals surface area contributed by atoms with E-state index in [0.717, 1.165) is 0 Å². The van der Waals surface area contributed by atoms with Crippen LogP contribution in [0, 0.1) is 11.7 Å². The molecule has 142 valence electrons. The number of rotatable bonds is 5. The number of ether oxygens (including phenoxy) is 1. The Kier molecular flexibility index (Phi) is 7.37. The number of aliphatic imine (C=N–C) groups is 1. The van der Waals surface area contributed by atoms with E-state index in [4.69, 9.17) is 4.74 Å². The topological polar surface area (TPSA) is 83.0 Å². The Balaban J connectivity index is 1.78. The number of esters is 1. The van der Waals surface area contributed by atoms with Crippen molar-refractivity contribution in [1.82, 2.24) is 10.2 Å². The van der Waals surface area contributed by atoms with Gasteiger partial charge in [-0.15, -0.1) is 0 Å².